The second-order valence-corrected chi connectivity index (χ2v) is 6.40. The van der Waals surface area contributed by atoms with Crippen LogP contribution in [0.3, 0.4) is 0 Å². The fraction of sp³-hybridized carbons (Fsp3) is 0.444. The molecule has 2 aromatic rings. The summed E-state index contributed by atoms with van der Waals surface area (Å²) >= 11 is 0. The number of fused-ring (bicyclic) bond motifs is 1. The summed E-state index contributed by atoms with van der Waals surface area (Å²) in [5.74, 6) is 2.71. The van der Waals surface area contributed by atoms with E-state index in [0.29, 0.717) is 11.5 Å². The Morgan fingerprint density at radius 1 is 1.16 bits per heavy atom. The summed E-state index contributed by atoms with van der Waals surface area (Å²) in [5, 5.41) is 6.76. The second kappa shape index (κ2) is 6.66. The number of hydrogen-bond donors (Lipinski definition) is 1. The lowest BCUT2D eigenvalue weighted by molar-refractivity contribution is 0.0885. The number of aryl methyl sites for hydroxylation is 1. The van der Waals surface area contributed by atoms with Gasteiger partial charge in [-0.3, -0.25) is 4.79 Å². The highest BCUT2D eigenvalue weighted by molar-refractivity contribution is 5.92. The number of carbonyl (C=O) groups is 1. The molecule has 0 unspecified atom stereocenters. The van der Waals surface area contributed by atoms with Crippen molar-refractivity contribution >= 4 is 5.91 Å². The third-order valence-electron chi connectivity index (χ3n) is 4.52. The smallest absolute Gasteiger partial charge is 0.273 e. The van der Waals surface area contributed by atoms with Crippen LogP contribution in [0.15, 0.2) is 28.8 Å². The van der Waals surface area contributed by atoms with Gasteiger partial charge in [0.2, 0.25) is 6.79 Å². The first-order chi connectivity index (χ1) is 12.2. The van der Waals surface area contributed by atoms with Crippen molar-refractivity contribution in [2.75, 3.05) is 6.79 Å². The number of nitrogens with zero attached hydrogens (tertiary/aromatic N) is 1. The first kappa shape index (κ1) is 15.8. The molecular formula is C18H20N2O5. The molecule has 1 aromatic heterocycles. The van der Waals surface area contributed by atoms with Gasteiger partial charge in [0.05, 0.1) is 6.10 Å². The maximum absolute atomic E-state index is 12.1. The number of carbonyl (C=O) groups excluding carboxylic acids is 1. The number of benzene rings is 1. The van der Waals surface area contributed by atoms with Gasteiger partial charge in [0.15, 0.2) is 17.2 Å². The summed E-state index contributed by atoms with van der Waals surface area (Å²) in [6.45, 7) is 2.02. The van der Waals surface area contributed by atoms with E-state index in [9.17, 15) is 4.79 Å². The molecule has 2 heterocycles. The molecule has 1 aliphatic heterocycles. The van der Waals surface area contributed by atoms with E-state index in [1.165, 1.54) is 0 Å². The summed E-state index contributed by atoms with van der Waals surface area (Å²) in [5.41, 5.74) is 0.330. The summed E-state index contributed by atoms with van der Waals surface area (Å²) in [7, 11) is 0. The summed E-state index contributed by atoms with van der Waals surface area (Å²) < 4.78 is 21.7. The van der Waals surface area contributed by atoms with Crippen LogP contribution in [-0.2, 0) is 0 Å². The maximum atomic E-state index is 12.1. The first-order valence-electron chi connectivity index (χ1n) is 8.48. The van der Waals surface area contributed by atoms with E-state index in [2.05, 4.69) is 10.5 Å². The van der Waals surface area contributed by atoms with Crippen molar-refractivity contribution in [1.29, 1.82) is 0 Å². The van der Waals surface area contributed by atoms with E-state index >= 15 is 0 Å². The Kier molecular flexibility index (Phi) is 4.21. The lowest BCUT2D eigenvalue weighted by atomic mass is 9.93. The van der Waals surface area contributed by atoms with Crippen LogP contribution in [0.1, 0.15) is 41.9 Å². The summed E-state index contributed by atoms with van der Waals surface area (Å²) in [4.78, 5) is 12.1. The minimum atomic E-state index is -0.183. The van der Waals surface area contributed by atoms with Crippen LogP contribution in [0.25, 0.3) is 0 Å². The molecule has 2 aliphatic rings. The Labute approximate surface area is 145 Å². The molecule has 0 atom stereocenters. The van der Waals surface area contributed by atoms with Crippen molar-refractivity contribution in [3.8, 4) is 17.2 Å². The Balaban J connectivity index is 1.27. The van der Waals surface area contributed by atoms with Crippen LogP contribution in [0.4, 0.5) is 0 Å². The Bertz CT molecular complexity index is 765. The Hall–Kier alpha value is -2.70. The van der Waals surface area contributed by atoms with E-state index < -0.39 is 0 Å². The topological polar surface area (TPSA) is 82.8 Å². The predicted octanol–water partition coefficient (Wildman–Crippen LogP) is 2.83. The highest BCUT2D eigenvalue weighted by Gasteiger charge is 2.25. The zero-order valence-corrected chi connectivity index (χ0v) is 14.0. The van der Waals surface area contributed by atoms with Crippen LogP contribution in [-0.4, -0.2) is 30.0 Å². The molecule has 7 nitrogen and oxygen atoms in total. The number of ether oxygens (including phenoxy) is 3. The number of nitrogens with one attached hydrogen (secondary N) is 1. The first-order valence-corrected chi connectivity index (χ1v) is 8.48. The average Bonchev–Trinajstić information content (AvgIpc) is 3.25. The number of hydrogen-bond acceptors (Lipinski definition) is 6. The van der Waals surface area contributed by atoms with Gasteiger partial charge in [-0.05, 0) is 44.7 Å². The van der Waals surface area contributed by atoms with E-state index in [0.717, 1.165) is 42.9 Å². The monoisotopic (exact) mass is 344 g/mol. The van der Waals surface area contributed by atoms with E-state index in [1.54, 1.807) is 13.0 Å². The van der Waals surface area contributed by atoms with Crippen LogP contribution < -0.4 is 19.5 Å². The highest BCUT2D eigenvalue weighted by atomic mass is 16.7. The van der Waals surface area contributed by atoms with Gasteiger partial charge in [-0.1, -0.05) is 5.16 Å². The molecule has 132 valence electrons. The lowest BCUT2D eigenvalue weighted by Crippen LogP contribution is -2.39. The zero-order chi connectivity index (χ0) is 17.2. The molecule has 1 fully saturated rings. The van der Waals surface area contributed by atoms with Gasteiger partial charge in [0.1, 0.15) is 11.5 Å². The number of amides is 1. The molecule has 7 heteroatoms. The minimum Gasteiger partial charge on any atom is -0.490 e. The molecule has 1 aliphatic carbocycles. The van der Waals surface area contributed by atoms with Crippen molar-refractivity contribution in [3.63, 3.8) is 0 Å². The van der Waals surface area contributed by atoms with Crippen molar-refractivity contribution in [2.24, 2.45) is 0 Å². The van der Waals surface area contributed by atoms with Crippen LogP contribution in [0.5, 0.6) is 17.2 Å². The quantitative estimate of drug-likeness (QED) is 0.918. The number of aromatic nitrogens is 1. The fourth-order valence-electron chi connectivity index (χ4n) is 3.20. The van der Waals surface area contributed by atoms with E-state index in [-0.39, 0.29) is 24.8 Å². The summed E-state index contributed by atoms with van der Waals surface area (Å²) in [6, 6.07) is 7.41. The standard InChI is InChI=1S/C18H20N2O5/c1-11-8-15(20-25-11)18(21)19-12-2-4-13(5-3-12)24-14-6-7-16-17(9-14)23-10-22-16/h6-9,12-13H,2-5,10H2,1H3,(H,19,21). The molecule has 25 heavy (non-hydrogen) atoms. The van der Waals surface area contributed by atoms with Gasteiger partial charge < -0.3 is 24.1 Å². The van der Waals surface area contributed by atoms with E-state index in [4.69, 9.17) is 18.7 Å². The molecule has 0 bridgehead atoms. The van der Waals surface area contributed by atoms with Crippen molar-refractivity contribution in [2.45, 2.75) is 44.8 Å². The van der Waals surface area contributed by atoms with Gasteiger partial charge >= 0.3 is 0 Å². The SMILES string of the molecule is Cc1cc(C(=O)NC2CCC(Oc3ccc4c(c3)OCO4)CC2)no1. The molecule has 1 amide bonds. The third kappa shape index (κ3) is 3.55. The van der Waals surface area contributed by atoms with Gasteiger partial charge in [0, 0.05) is 18.2 Å². The van der Waals surface area contributed by atoms with Gasteiger partial charge in [-0.2, -0.15) is 0 Å². The summed E-state index contributed by atoms with van der Waals surface area (Å²) in [6.07, 6.45) is 3.66. The molecule has 0 spiro atoms. The molecule has 1 aromatic carbocycles. The molecule has 1 N–H and O–H groups in total. The van der Waals surface area contributed by atoms with Crippen molar-refractivity contribution in [1.82, 2.24) is 10.5 Å². The minimum absolute atomic E-state index is 0.140. The number of rotatable bonds is 4. The highest BCUT2D eigenvalue weighted by Crippen LogP contribution is 2.36. The normalized spacial score (nSPS) is 21.8. The fourth-order valence-corrected chi connectivity index (χ4v) is 3.20. The largest absolute Gasteiger partial charge is 0.490 e. The van der Waals surface area contributed by atoms with Gasteiger partial charge in [-0.15, -0.1) is 0 Å². The molecular weight excluding hydrogens is 324 g/mol. The lowest BCUT2D eigenvalue weighted by Gasteiger charge is -2.29. The van der Waals surface area contributed by atoms with Crippen LogP contribution in [0, 0.1) is 6.92 Å². The zero-order valence-electron chi connectivity index (χ0n) is 14.0. The average molecular weight is 344 g/mol. The Morgan fingerprint density at radius 3 is 2.72 bits per heavy atom. The molecule has 0 saturated heterocycles. The van der Waals surface area contributed by atoms with Crippen molar-refractivity contribution < 1.29 is 23.5 Å². The van der Waals surface area contributed by atoms with Crippen LogP contribution in [0.2, 0.25) is 0 Å². The molecule has 0 radical (unpaired) electrons. The van der Waals surface area contributed by atoms with Crippen molar-refractivity contribution in [3.05, 3.63) is 35.7 Å². The van der Waals surface area contributed by atoms with Gasteiger partial charge in [0.25, 0.3) is 5.91 Å². The molecule has 4 rings (SSSR count). The Morgan fingerprint density at radius 2 is 1.96 bits per heavy atom. The molecule has 1 saturated carbocycles. The van der Waals surface area contributed by atoms with E-state index in [1.807, 2.05) is 18.2 Å². The second-order valence-electron chi connectivity index (χ2n) is 6.40. The maximum Gasteiger partial charge on any atom is 0.273 e. The van der Waals surface area contributed by atoms with Gasteiger partial charge in [-0.25, -0.2) is 0 Å². The van der Waals surface area contributed by atoms with Crippen LogP contribution >= 0.6 is 0 Å². The third-order valence-corrected chi connectivity index (χ3v) is 4.52. The predicted molar refractivity (Wildman–Crippen MR) is 87.9 cm³/mol.